The van der Waals surface area contributed by atoms with Crippen LogP contribution in [0.15, 0.2) is 28.4 Å². The van der Waals surface area contributed by atoms with Crippen LogP contribution in [0.25, 0.3) is 0 Å². The molecular weight excluding hydrogens is 344 g/mol. The van der Waals surface area contributed by atoms with Gasteiger partial charge in [-0.1, -0.05) is 0 Å². The zero-order valence-corrected chi connectivity index (χ0v) is 15.0. The van der Waals surface area contributed by atoms with Crippen LogP contribution in [0, 0.1) is 0 Å². The Morgan fingerprint density at radius 2 is 2.29 bits per heavy atom. The molecular formula is C16H20N4O2S2. The Balaban J connectivity index is 1.67. The summed E-state index contributed by atoms with van der Waals surface area (Å²) in [7, 11) is 0. The molecule has 0 radical (unpaired) electrons. The van der Waals surface area contributed by atoms with Crippen LogP contribution < -0.4 is 10.6 Å². The van der Waals surface area contributed by atoms with Gasteiger partial charge in [-0.3, -0.25) is 14.5 Å². The Morgan fingerprint density at radius 1 is 1.42 bits per heavy atom. The molecule has 6 nitrogen and oxygen atoms in total. The summed E-state index contributed by atoms with van der Waals surface area (Å²) in [6.07, 6.45) is 2.39. The van der Waals surface area contributed by atoms with Crippen LogP contribution in [-0.2, 0) is 11.3 Å². The molecule has 0 unspecified atom stereocenters. The molecule has 3 rings (SSSR count). The second kappa shape index (κ2) is 7.87. The first-order valence-electron chi connectivity index (χ1n) is 7.90. The van der Waals surface area contributed by atoms with Crippen molar-refractivity contribution < 1.29 is 9.59 Å². The third-order valence-corrected chi connectivity index (χ3v) is 5.45. The molecule has 1 aliphatic rings. The van der Waals surface area contributed by atoms with Crippen molar-refractivity contribution in [1.82, 2.24) is 20.5 Å². The van der Waals surface area contributed by atoms with Gasteiger partial charge in [-0.2, -0.15) is 11.3 Å². The van der Waals surface area contributed by atoms with E-state index in [9.17, 15) is 9.59 Å². The molecule has 2 amide bonds. The van der Waals surface area contributed by atoms with E-state index in [1.165, 1.54) is 11.3 Å². The Labute approximate surface area is 148 Å². The van der Waals surface area contributed by atoms with E-state index in [0.29, 0.717) is 31.6 Å². The molecule has 0 aromatic carbocycles. The predicted molar refractivity (Wildman–Crippen MR) is 95.2 cm³/mol. The molecule has 8 heteroatoms. The SMILES string of the molecule is CCNC(=O)[C@@H]1C[C@H](NC(=O)c2ccsc2)CN1Cc1nccs1. The van der Waals surface area contributed by atoms with Crippen LogP contribution in [0.4, 0.5) is 0 Å². The molecule has 3 heterocycles. The number of nitrogens with zero attached hydrogens (tertiary/aromatic N) is 2. The molecule has 1 fully saturated rings. The van der Waals surface area contributed by atoms with Gasteiger partial charge < -0.3 is 10.6 Å². The van der Waals surface area contributed by atoms with E-state index in [1.807, 2.05) is 29.1 Å². The van der Waals surface area contributed by atoms with Crippen LogP contribution >= 0.6 is 22.7 Å². The van der Waals surface area contributed by atoms with Gasteiger partial charge in [-0.15, -0.1) is 11.3 Å². The lowest BCUT2D eigenvalue weighted by Crippen LogP contribution is -2.42. The van der Waals surface area contributed by atoms with Crippen LogP contribution in [0.1, 0.15) is 28.7 Å². The summed E-state index contributed by atoms with van der Waals surface area (Å²) in [5, 5.41) is 12.6. The molecule has 2 atom stereocenters. The fourth-order valence-corrected chi connectivity index (χ4v) is 4.19. The number of thiophene rings is 1. The maximum Gasteiger partial charge on any atom is 0.252 e. The van der Waals surface area contributed by atoms with Crippen molar-refractivity contribution in [1.29, 1.82) is 0 Å². The summed E-state index contributed by atoms with van der Waals surface area (Å²) < 4.78 is 0. The topological polar surface area (TPSA) is 74.3 Å². The maximum atomic E-state index is 12.4. The highest BCUT2D eigenvalue weighted by Gasteiger charge is 2.37. The van der Waals surface area contributed by atoms with Gasteiger partial charge in [-0.05, 0) is 24.8 Å². The molecule has 0 bridgehead atoms. The van der Waals surface area contributed by atoms with Crippen molar-refractivity contribution >= 4 is 34.5 Å². The van der Waals surface area contributed by atoms with Gasteiger partial charge in [0.05, 0.1) is 12.6 Å². The van der Waals surface area contributed by atoms with E-state index >= 15 is 0 Å². The van der Waals surface area contributed by atoms with E-state index in [1.54, 1.807) is 17.5 Å². The van der Waals surface area contributed by atoms with Crippen LogP contribution in [-0.4, -0.2) is 46.9 Å². The molecule has 2 aromatic heterocycles. The second-order valence-corrected chi connectivity index (χ2v) is 7.44. The number of rotatable bonds is 6. The number of hydrogen-bond donors (Lipinski definition) is 2. The van der Waals surface area contributed by atoms with Crippen molar-refractivity contribution in [2.45, 2.75) is 32.0 Å². The fourth-order valence-electron chi connectivity index (χ4n) is 2.91. The first kappa shape index (κ1) is 17.1. The van der Waals surface area contributed by atoms with Crippen LogP contribution in [0.5, 0.6) is 0 Å². The fraction of sp³-hybridized carbons (Fsp3) is 0.438. The number of likely N-dealkylation sites (N-methyl/N-ethyl adjacent to an activating group) is 1. The standard InChI is InChI=1S/C16H20N4O2S2/c1-2-17-16(22)13-7-12(19-15(21)11-3-5-23-10-11)8-20(13)9-14-18-4-6-24-14/h3-6,10,12-13H,2,7-9H2,1H3,(H,17,22)(H,19,21)/t12-,13-/m0/s1. The third kappa shape index (κ3) is 4.00. The number of carbonyl (C=O) groups excluding carboxylic acids is 2. The Morgan fingerprint density at radius 3 is 2.96 bits per heavy atom. The monoisotopic (exact) mass is 364 g/mol. The molecule has 2 N–H and O–H groups in total. The number of hydrogen-bond acceptors (Lipinski definition) is 6. The van der Waals surface area contributed by atoms with Crippen LogP contribution in [0.2, 0.25) is 0 Å². The number of thiazole rings is 1. The van der Waals surface area contributed by atoms with Gasteiger partial charge in [0.25, 0.3) is 5.91 Å². The summed E-state index contributed by atoms with van der Waals surface area (Å²) in [6, 6.07) is 1.54. The molecule has 0 aliphatic carbocycles. The van der Waals surface area contributed by atoms with E-state index < -0.39 is 0 Å². The lowest BCUT2D eigenvalue weighted by molar-refractivity contribution is -0.125. The summed E-state index contributed by atoms with van der Waals surface area (Å²) in [5.41, 5.74) is 0.674. The summed E-state index contributed by atoms with van der Waals surface area (Å²) >= 11 is 3.08. The predicted octanol–water partition coefficient (Wildman–Crippen LogP) is 1.71. The van der Waals surface area contributed by atoms with Crippen molar-refractivity contribution in [3.63, 3.8) is 0 Å². The minimum Gasteiger partial charge on any atom is -0.355 e. The molecule has 0 saturated carbocycles. The van der Waals surface area contributed by atoms with E-state index in [-0.39, 0.29) is 23.9 Å². The van der Waals surface area contributed by atoms with Gasteiger partial charge in [-0.25, -0.2) is 4.98 Å². The number of likely N-dealkylation sites (tertiary alicyclic amines) is 1. The van der Waals surface area contributed by atoms with Gasteiger partial charge >= 0.3 is 0 Å². The van der Waals surface area contributed by atoms with Crippen LogP contribution in [0.3, 0.4) is 0 Å². The minimum absolute atomic E-state index is 0.0151. The molecule has 1 aliphatic heterocycles. The molecule has 2 aromatic rings. The van der Waals surface area contributed by atoms with Crippen molar-refractivity contribution in [3.8, 4) is 0 Å². The second-order valence-electron chi connectivity index (χ2n) is 5.68. The third-order valence-electron chi connectivity index (χ3n) is 4.00. The Kier molecular flexibility index (Phi) is 5.60. The largest absolute Gasteiger partial charge is 0.355 e. The lowest BCUT2D eigenvalue weighted by Gasteiger charge is -2.22. The normalized spacial score (nSPS) is 20.9. The number of amides is 2. The van der Waals surface area contributed by atoms with Gasteiger partial charge in [0.2, 0.25) is 5.91 Å². The average molecular weight is 364 g/mol. The Hall–Kier alpha value is -1.77. The highest BCUT2D eigenvalue weighted by molar-refractivity contribution is 7.09. The Bertz CT molecular complexity index is 672. The number of aromatic nitrogens is 1. The summed E-state index contributed by atoms with van der Waals surface area (Å²) in [4.78, 5) is 31.0. The first-order chi connectivity index (χ1) is 11.7. The number of nitrogens with one attached hydrogen (secondary N) is 2. The van der Waals surface area contributed by atoms with Crippen molar-refractivity contribution in [3.05, 3.63) is 39.0 Å². The molecule has 0 spiro atoms. The minimum atomic E-state index is -0.235. The summed E-state index contributed by atoms with van der Waals surface area (Å²) in [6.45, 7) is 3.79. The van der Waals surface area contributed by atoms with Crippen molar-refractivity contribution in [2.75, 3.05) is 13.1 Å². The van der Waals surface area contributed by atoms with Crippen molar-refractivity contribution in [2.24, 2.45) is 0 Å². The lowest BCUT2D eigenvalue weighted by atomic mass is 10.1. The smallest absolute Gasteiger partial charge is 0.252 e. The molecule has 24 heavy (non-hydrogen) atoms. The zero-order valence-electron chi connectivity index (χ0n) is 13.4. The van der Waals surface area contributed by atoms with Gasteiger partial charge in [0.1, 0.15) is 5.01 Å². The first-order valence-corrected chi connectivity index (χ1v) is 9.72. The highest BCUT2D eigenvalue weighted by atomic mass is 32.1. The van der Waals surface area contributed by atoms with Gasteiger partial charge in [0.15, 0.2) is 0 Å². The maximum absolute atomic E-state index is 12.4. The number of carbonyl (C=O) groups is 2. The molecule has 128 valence electrons. The van der Waals surface area contributed by atoms with E-state index in [0.717, 1.165) is 5.01 Å². The summed E-state index contributed by atoms with van der Waals surface area (Å²) in [5.74, 6) is -0.0617. The highest BCUT2D eigenvalue weighted by Crippen LogP contribution is 2.22. The van der Waals surface area contributed by atoms with E-state index in [4.69, 9.17) is 0 Å². The van der Waals surface area contributed by atoms with Gasteiger partial charge in [0, 0.05) is 41.7 Å². The zero-order chi connectivity index (χ0) is 16.9. The molecule has 1 saturated heterocycles. The quantitative estimate of drug-likeness (QED) is 0.818. The van der Waals surface area contributed by atoms with E-state index in [2.05, 4.69) is 20.5 Å². The average Bonchev–Trinajstić information content (AvgIpc) is 3.29.